The van der Waals surface area contributed by atoms with Crippen molar-refractivity contribution in [1.82, 2.24) is 19.4 Å². The number of likely N-dealkylation sites (tertiary alicyclic amines) is 1. The lowest BCUT2D eigenvalue weighted by atomic mass is 9.93. The number of aliphatic hydroxyl groups excluding tert-OH is 1. The van der Waals surface area contributed by atoms with Crippen LogP contribution in [0.2, 0.25) is 0 Å². The Balaban J connectivity index is 1.75. The van der Waals surface area contributed by atoms with Crippen LogP contribution in [-0.4, -0.2) is 42.8 Å². The minimum atomic E-state index is -0.664. The van der Waals surface area contributed by atoms with Gasteiger partial charge in [0, 0.05) is 43.4 Å². The summed E-state index contributed by atoms with van der Waals surface area (Å²) in [5, 5.41) is 11.2. The number of imidazole rings is 1. The van der Waals surface area contributed by atoms with E-state index in [-0.39, 0.29) is 11.3 Å². The maximum absolute atomic E-state index is 13.1. The molecule has 1 aliphatic heterocycles. The normalized spacial score (nSPS) is 18.0. The minimum absolute atomic E-state index is 0.118. The number of carbonyl (C=O) groups excluding carboxylic acids is 2. The maximum Gasteiger partial charge on any atom is 0.295 e. The molecule has 0 unspecified atom stereocenters. The lowest BCUT2D eigenvalue weighted by molar-refractivity contribution is -0.139. The molecule has 0 aliphatic carbocycles. The van der Waals surface area contributed by atoms with Gasteiger partial charge < -0.3 is 14.6 Å². The predicted molar refractivity (Wildman–Crippen MR) is 116 cm³/mol. The lowest BCUT2D eigenvalue weighted by Gasteiger charge is -2.25. The molecule has 0 spiro atoms. The van der Waals surface area contributed by atoms with Crippen molar-refractivity contribution >= 4 is 17.4 Å². The first kappa shape index (κ1) is 20.5. The highest BCUT2D eigenvalue weighted by Gasteiger charge is 2.45. The molecule has 31 heavy (non-hydrogen) atoms. The molecule has 7 heteroatoms. The van der Waals surface area contributed by atoms with Crippen molar-refractivity contribution in [2.75, 3.05) is 6.54 Å². The molecule has 0 bridgehead atoms. The van der Waals surface area contributed by atoms with Gasteiger partial charge in [-0.15, -0.1) is 0 Å². The molecule has 1 saturated heterocycles. The smallest absolute Gasteiger partial charge is 0.295 e. The Morgan fingerprint density at radius 3 is 2.52 bits per heavy atom. The van der Waals surface area contributed by atoms with E-state index >= 15 is 0 Å². The number of amides is 1. The van der Waals surface area contributed by atoms with Crippen LogP contribution in [0.1, 0.15) is 34.7 Å². The Kier molecular flexibility index (Phi) is 5.66. The second-order valence-corrected chi connectivity index (χ2v) is 7.75. The summed E-state index contributed by atoms with van der Waals surface area (Å²) in [7, 11) is 0. The Hall–Kier alpha value is -3.74. The molecule has 3 aromatic rings. The van der Waals surface area contributed by atoms with E-state index in [1.807, 2.05) is 42.8 Å². The van der Waals surface area contributed by atoms with Gasteiger partial charge in [-0.3, -0.25) is 14.6 Å². The molecule has 1 amide bonds. The predicted octanol–water partition coefficient (Wildman–Crippen LogP) is 3.41. The standard InChI is InChI=1S/C24H24N4O3/c1-16-4-5-17(2)19(14-16)22(29)20-21(18-6-8-25-9-7-18)28(24(31)23(20)30)12-3-11-27-13-10-26-15-27/h4-10,13-15,21,29H,3,11-12H2,1-2H3/t21-/m0/s1. The van der Waals surface area contributed by atoms with Gasteiger partial charge in [0.25, 0.3) is 11.7 Å². The SMILES string of the molecule is Cc1ccc(C)c(C(O)=C2C(=O)C(=O)N(CCCn3ccnc3)[C@H]2c2ccncc2)c1. The molecule has 1 atom stereocenters. The van der Waals surface area contributed by atoms with E-state index in [1.54, 1.807) is 42.0 Å². The number of aliphatic hydroxyl groups is 1. The number of hydrogen-bond donors (Lipinski definition) is 1. The van der Waals surface area contributed by atoms with Crippen LogP contribution in [0, 0.1) is 13.8 Å². The fourth-order valence-corrected chi connectivity index (χ4v) is 3.98. The average Bonchev–Trinajstić information content (AvgIpc) is 3.38. The molecular formula is C24H24N4O3. The average molecular weight is 416 g/mol. The summed E-state index contributed by atoms with van der Waals surface area (Å²) in [6.07, 6.45) is 9.17. The van der Waals surface area contributed by atoms with Crippen LogP contribution in [0.5, 0.6) is 0 Å². The highest BCUT2D eigenvalue weighted by Crippen LogP contribution is 2.39. The van der Waals surface area contributed by atoms with Crippen LogP contribution >= 0.6 is 0 Å². The van der Waals surface area contributed by atoms with Crippen LogP contribution in [0.25, 0.3) is 5.76 Å². The number of hydrogen-bond acceptors (Lipinski definition) is 5. The van der Waals surface area contributed by atoms with Crippen LogP contribution < -0.4 is 0 Å². The summed E-state index contributed by atoms with van der Waals surface area (Å²) in [4.78, 5) is 35.7. The third-order valence-corrected chi connectivity index (χ3v) is 5.58. The van der Waals surface area contributed by atoms with Crippen molar-refractivity contribution in [3.63, 3.8) is 0 Å². The minimum Gasteiger partial charge on any atom is -0.507 e. The van der Waals surface area contributed by atoms with E-state index in [0.717, 1.165) is 16.7 Å². The van der Waals surface area contributed by atoms with Crippen LogP contribution in [0.4, 0.5) is 0 Å². The molecule has 1 N–H and O–H groups in total. The number of aryl methyl sites for hydroxylation is 3. The number of benzene rings is 1. The first-order valence-electron chi connectivity index (χ1n) is 10.2. The van der Waals surface area contributed by atoms with Gasteiger partial charge in [-0.05, 0) is 49.6 Å². The molecule has 2 aromatic heterocycles. The Labute approximate surface area is 180 Å². The van der Waals surface area contributed by atoms with E-state index < -0.39 is 17.7 Å². The number of Topliss-reactive ketones (excluding diaryl/α,β-unsaturated/α-hetero) is 1. The molecule has 1 aromatic carbocycles. The molecule has 0 saturated carbocycles. The number of nitrogens with zero attached hydrogens (tertiary/aromatic N) is 4. The summed E-state index contributed by atoms with van der Waals surface area (Å²) in [5.74, 6) is -1.40. The number of rotatable bonds is 6. The lowest BCUT2D eigenvalue weighted by Crippen LogP contribution is -2.31. The van der Waals surface area contributed by atoms with Gasteiger partial charge in [-0.1, -0.05) is 17.7 Å². The van der Waals surface area contributed by atoms with Crippen molar-refractivity contribution in [2.45, 2.75) is 32.9 Å². The molecule has 158 valence electrons. The van der Waals surface area contributed by atoms with Gasteiger partial charge in [0.05, 0.1) is 17.9 Å². The van der Waals surface area contributed by atoms with Gasteiger partial charge in [0.15, 0.2) is 0 Å². The van der Waals surface area contributed by atoms with E-state index in [0.29, 0.717) is 25.1 Å². The Morgan fingerprint density at radius 2 is 1.81 bits per heavy atom. The van der Waals surface area contributed by atoms with Crippen molar-refractivity contribution in [2.24, 2.45) is 0 Å². The molecule has 0 radical (unpaired) electrons. The van der Waals surface area contributed by atoms with Gasteiger partial charge in [0.1, 0.15) is 5.76 Å². The van der Waals surface area contributed by atoms with Gasteiger partial charge in [0.2, 0.25) is 0 Å². The number of aromatic nitrogens is 3. The van der Waals surface area contributed by atoms with Gasteiger partial charge in [-0.25, -0.2) is 4.98 Å². The zero-order valence-corrected chi connectivity index (χ0v) is 17.5. The fraction of sp³-hybridized carbons (Fsp3) is 0.250. The number of ketones is 1. The monoisotopic (exact) mass is 416 g/mol. The van der Waals surface area contributed by atoms with E-state index in [4.69, 9.17) is 0 Å². The van der Waals surface area contributed by atoms with Crippen LogP contribution in [0.3, 0.4) is 0 Å². The van der Waals surface area contributed by atoms with E-state index in [2.05, 4.69) is 9.97 Å². The van der Waals surface area contributed by atoms with Gasteiger partial charge >= 0.3 is 0 Å². The molecular weight excluding hydrogens is 392 g/mol. The summed E-state index contributed by atoms with van der Waals surface area (Å²) in [6.45, 7) is 4.84. The van der Waals surface area contributed by atoms with E-state index in [9.17, 15) is 14.7 Å². The van der Waals surface area contributed by atoms with E-state index in [1.165, 1.54) is 0 Å². The zero-order valence-electron chi connectivity index (χ0n) is 17.5. The highest BCUT2D eigenvalue weighted by molar-refractivity contribution is 6.46. The Bertz CT molecular complexity index is 1140. The number of pyridine rings is 1. The highest BCUT2D eigenvalue weighted by atomic mass is 16.3. The molecule has 7 nitrogen and oxygen atoms in total. The maximum atomic E-state index is 13.1. The second kappa shape index (κ2) is 8.55. The molecule has 1 aliphatic rings. The summed E-state index contributed by atoms with van der Waals surface area (Å²) < 4.78 is 1.92. The molecule has 1 fully saturated rings. The van der Waals surface area contributed by atoms with Crippen LogP contribution in [-0.2, 0) is 16.1 Å². The summed E-state index contributed by atoms with van der Waals surface area (Å²) in [6, 6.07) is 8.56. The quantitative estimate of drug-likeness (QED) is 0.378. The summed E-state index contributed by atoms with van der Waals surface area (Å²) in [5.41, 5.74) is 3.22. The number of carbonyl (C=O) groups is 2. The van der Waals surface area contributed by atoms with Crippen molar-refractivity contribution in [3.8, 4) is 0 Å². The Morgan fingerprint density at radius 1 is 1.03 bits per heavy atom. The van der Waals surface area contributed by atoms with Crippen LogP contribution in [0.15, 0.2) is 67.0 Å². The van der Waals surface area contributed by atoms with Gasteiger partial charge in [-0.2, -0.15) is 0 Å². The largest absolute Gasteiger partial charge is 0.507 e. The second-order valence-electron chi connectivity index (χ2n) is 7.75. The topological polar surface area (TPSA) is 88.3 Å². The third kappa shape index (κ3) is 3.99. The summed E-state index contributed by atoms with van der Waals surface area (Å²) >= 11 is 0. The first-order valence-corrected chi connectivity index (χ1v) is 10.2. The zero-order chi connectivity index (χ0) is 22.0. The van der Waals surface area contributed by atoms with Crippen molar-refractivity contribution < 1.29 is 14.7 Å². The fourth-order valence-electron chi connectivity index (χ4n) is 3.98. The first-order chi connectivity index (χ1) is 15.0. The van der Waals surface area contributed by atoms with Crippen molar-refractivity contribution in [1.29, 1.82) is 0 Å². The molecule has 3 heterocycles. The molecule has 4 rings (SSSR count). The van der Waals surface area contributed by atoms with Crippen molar-refractivity contribution in [3.05, 3.63) is 89.3 Å². The third-order valence-electron chi connectivity index (χ3n) is 5.58.